The van der Waals surface area contributed by atoms with Gasteiger partial charge in [0, 0.05) is 21.7 Å². The van der Waals surface area contributed by atoms with Crippen molar-refractivity contribution in [3.05, 3.63) is 94.5 Å². The Labute approximate surface area is 227 Å². The van der Waals surface area contributed by atoms with Crippen LogP contribution in [0.4, 0.5) is 20.4 Å². The fourth-order valence-electron chi connectivity index (χ4n) is 3.91. The molecule has 5 aromatic rings. The van der Waals surface area contributed by atoms with Crippen molar-refractivity contribution in [2.45, 2.75) is 32.9 Å². The molecule has 0 radical (unpaired) electrons. The number of carbonyl (C=O) groups excluding carboxylic acids is 1. The van der Waals surface area contributed by atoms with E-state index in [0.29, 0.717) is 29.4 Å². The maximum atomic E-state index is 13.6. The van der Waals surface area contributed by atoms with Gasteiger partial charge in [0.1, 0.15) is 12.1 Å². The first-order valence-electron chi connectivity index (χ1n) is 12.2. The van der Waals surface area contributed by atoms with Crippen molar-refractivity contribution in [2.24, 2.45) is 0 Å². The predicted molar refractivity (Wildman–Crippen MR) is 148 cm³/mol. The molecule has 0 aliphatic heterocycles. The lowest BCUT2D eigenvalue weighted by Crippen LogP contribution is -2.26. The molecular weight excluding hydrogens is 520 g/mol. The molecule has 198 valence electrons. The number of hydrogen-bond acceptors (Lipinski definition) is 8. The number of anilines is 2. The number of nitrogens with two attached hydrogens (primary N) is 1. The Kier molecular flexibility index (Phi) is 7.42. The summed E-state index contributed by atoms with van der Waals surface area (Å²) in [5, 5.41) is 6.74. The van der Waals surface area contributed by atoms with Crippen molar-refractivity contribution in [1.29, 1.82) is 0 Å². The van der Waals surface area contributed by atoms with Crippen LogP contribution < -0.4 is 16.4 Å². The number of amides is 1. The number of halogens is 2. The van der Waals surface area contributed by atoms with E-state index in [2.05, 4.69) is 30.6 Å². The number of nitrogens with zero attached hydrogens (tertiary/aromatic N) is 4. The molecule has 0 saturated carbocycles. The third kappa shape index (κ3) is 5.83. The minimum atomic E-state index is -0.971. The van der Waals surface area contributed by atoms with Crippen LogP contribution in [0.2, 0.25) is 0 Å². The van der Waals surface area contributed by atoms with Gasteiger partial charge in [-0.15, -0.1) is 11.3 Å². The first-order chi connectivity index (χ1) is 18.8. The van der Waals surface area contributed by atoms with Gasteiger partial charge in [0.2, 0.25) is 0 Å². The van der Waals surface area contributed by atoms with E-state index >= 15 is 0 Å². The summed E-state index contributed by atoms with van der Waals surface area (Å²) in [6.45, 7) is 4.35. The van der Waals surface area contributed by atoms with Gasteiger partial charge >= 0.3 is 0 Å². The molecule has 0 aliphatic carbocycles. The highest BCUT2D eigenvalue weighted by Gasteiger charge is 2.18. The molecule has 3 heterocycles. The minimum absolute atomic E-state index is 0.0126. The van der Waals surface area contributed by atoms with E-state index in [0.717, 1.165) is 38.4 Å². The molecule has 11 heteroatoms. The van der Waals surface area contributed by atoms with Gasteiger partial charge in [-0.05, 0) is 53.4 Å². The largest absolute Gasteiger partial charge is 0.383 e. The number of aromatic nitrogens is 4. The van der Waals surface area contributed by atoms with E-state index < -0.39 is 17.5 Å². The standard InChI is InChI=1S/C28H25F2N7OS/c1-15(2)23-13-33-27(25(37-23)28(38)34-11-16-3-6-20(29)21(30)9-16)32-12-18-5-8-24(39-18)17-4-7-22-19(10-17)26(31)36-14-35-22/h3-10,13-15H,11-12H2,1-2H3,(H,32,33)(H,34,38)(H2,31,35,36). The van der Waals surface area contributed by atoms with Crippen molar-refractivity contribution in [2.75, 3.05) is 11.1 Å². The summed E-state index contributed by atoms with van der Waals surface area (Å²) < 4.78 is 26.8. The quantitative estimate of drug-likeness (QED) is 0.230. The molecule has 0 unspecified atom stereocenters. The van der Waals surface area contributed by atoms with E-state index in [1.54, 1.807) is 17.5 Å². The Morgan fingerprint density at radius 3 is 2.64 bits per heavy atom. The average molecular weight is 546 g/mol. The molecule has 0 aliphatic rings. The summed E-state index contributed by atoms with van der Waals surface area (Å²) in [5.41, 5.74) is 9.02. The van der Waals surface area contributed by atoms with Crippen LogP contribution in [0.25, 0.3) is 21.3 Å². The lowest BCUT2D eigenvalue weighted by molar-refractivity contribution is 0.0946. The Hall–Kier alpha value is -4.51. The van der Waals surface area contributed by atoms with Gasteiger partial charge < -0.3 is 16.4 Å². The molecule has 0 bridgehead atoms. The number of rotatable bonds is 8. The van der Waals surface area contributed by atoms with E-state index in [9.17, 15) is 13.6 Å². The second-order valence-electron chi connectivity index (χ2n) is 9.19. The number of carbonyl (C=O) groups is 1. The summed E-state index contributed by atoms with van der Waals surface area (Å²) in [7, 11) is 0. The minimum Gasteiger partial charge on any atom is -0.383 e. The number of benzene rings is 2. The highest BCUT2D eigenvalue weighted by molar-refractivity contribution is 7.15. The van der Waals surface area contributed by atoms with E-state index in [4.69, 9.17) is 5.73 Å². The van der Waals surface area contributed by atoms with Crippen molar-refractivity contribution in [3.8, 4) is 10.4 Å². The molecule has 4 N–H and O–H groups in total. The van der Waals surface area contributed by atoms with Crippen LogP contribution >= 0.6 is 11.3 Å². The fraction of sp³-hybridized carbons (Fsp3) is 0.179. The third-order valence-corrected chi connectivity index (χ3v) is 7.21. The molecule has 3 aromatic heterocycles. The van der Waals surface area contributed by atoms with Gasteiger partial charge in [0.25, 0.3) is 5.91 Å². The van der Waals surface area contributed by atoms with Crippen LogP contribution in [0.15, 0.2) is 61.1 Å². The molecular formula is C28H25F2N7OS. The summed E-state index contributed by atoms with van der Waals surface area (Å²) in [5.74, 6) is -1.57. The molecule has 0 fully saturated rings. The van der Waals surface area contributed by atoms with Crippen molar-refractivity contribution >= 4 is 39.8 Å². The molecule has 2 aromatic carbocycles. The monoisotopic (exact) mass is 545 g/mol. The SMILES string of the molecule is CC(C)c1cnc(NCc2ccc(-c3ccc4ncnc(N)c4c3)s2)c(C(=O)NCc2ccc(F)c(F)c2)n1. The Morgan fingerprint density at radius 2 is 1.85 bits per heavy atom. The maximum Gasteiger partial charge on any atom is 0.274 e. The highest BCUT2D eigenvalue weighted by atomic mass is 32.1. The molecule has 8 nitrogen and oxygen atoms in total. The molecule has 0 atom stereocenters. The van der Waals surface area contributed by atoms with Gasteiger partial charge in [-0.1, -0.05) is 26.0 Å². The lowest BCUT2D eigenvalue weighted by Gasteiger charge is -2.13. The van der Waals surface area contributed by atoms with Gasteiger partial charge in [-0.25, -0.2) is 28.7 Å². The second kappa shape index (κ2) is 11.1. The zero-order chi connectivity index (χ0) is 27.5. The summed E-state index contributed by atoms with van der Waals surface area (Å²) in [6.07, 6.45) is 3.08. The van der Waals surface area contributed by atoms with Crippen LogP contribution in [0.5, 0.6) is 0 Å². The number of nitrogen functional groups attached to an aromatic ring is 1. The van der Waals surface area contributed by atoms with Crippen LogP contribution in [-0.2, 0) is 13.1 Å². The fourth-order valence-corrected chi connectivity index (χ4v) is 4.86. The van der Waals surface area contributed by atoms with Crippen LogP contribution in [0, 0.1) is 11.6 Å². The smallest absolute Gasteiger partial charge is 0.274 e. The topological polar surface area (TPSA) is 119 Å². The summed E-state index contributed by atoms with van der Waals surface area (Å²) >= 11 is 1.59. The number of hydrogen-bond donors (Lipinski definition) is 3. The van der Waals surface area contributed by atoms with Gasteiger partial charge in [0.15, 0.2) is 23.1 Å². The maximum absolute atomic E-state index is 13.6. The Morgan fingerprint density at radius 1 is 1.00 bits per heavy atom. The molecule has 39 heavy (non-hydrogen) atoms. The van der Waals surface area contributed by atoms with Crippen molar-refractivity contribution in [1.82, 2.24) is 25.3 Å². The molecule has 5 rings (SSSR count). The first kappa shape index (κ1) is 26.1. The normalized spacial score (nSPS) is 11.2. The predicted octanol–water partition coefficient (Wildman–Crippen LogP) is 5.67. The number of fused-ring (bicyclic) bond motifs is 1. The molecule has 0 spiro atoms. The van der Waals surface area contributed by atoms with Crippen molar-refractivity contribution in [3.63, 3.8) is 0 Å². The van der Waals surface area contributed by atoms with E-state index in [1.807, 2.05) is 44.2 Å². The molecule has 1 amide bonds. The molecule has 0 saturated heterocycles. The van der Waals surface area contributed by atoms with Gasteiger partial charge in [-0.3, -0.25) is 4.79 Å². The summed E-state index contributed by atoms with van der Waals surface area (Å²) in [4.78, 5) is 32.4. The second-order valence-corrected chi connectivity index (χ2v) is 10.4. The van der Waals surface area contributed by atoms with Gasteiger partial charge in [0.05, 0.1) is 24.0 Å². The van der Waals surface area contributed by atoms with Crippen LogP contribution in [0.1, 0.15) is 46.4 Å². The summed E-state index contributed by atoms with van der Waals surface area (Å²) in [6, 6.07) is 13.4. The number of nitrogens with one attached hydrogen (secondary N) is 2. The number of thiophene rings is 1. The van der Waals surface area contributed by atoms with Crippen molar-refractivity contribution < 1.29 is 13.6 Å². The Bertz CT molecular complexity index is 1670. The Balaban J connectivity index is 1.32. The average Bonchev–Trinajstić information content (AvgIpc) is 3.41. The highest BCUT2D eigenvalue weighted by Crippen LogP contribution is 2.31. The van der Waals surface area contributed by atoms with Gasteiger partial charge in [-0.2, -0.15) is 0 Å². The zero-order valence-electron chi connectivity index (χ0n) is 21.2. The van der Waals surface area contributed by atoms with Crippen LogP contribution in [0.3, 0.4) is 0 Å². The van der Waals surface area contributed by atoms with E-state index in [-0.39, 0.29) is 18.2 Å². The zero-order valence-corrected chi connectivity index (χ0v) is 22.0. The third-order valence-electron chi connectivity index (χ3n) is 6.08. The lowest BCUT2D eigenvalue weighted by atomic mass is 10.1. The van der Waals surface area contributed by atoms with E-state index in [1.165, 1.54) is 12.4 Å². The first-order valence-corrected chi connectivity index (χ1v) is 13.0. The van der Waals surface area contributed by atoms with Crippen LogP contribution in [-0.4, -0.2) is 25.8 Å².